The van der Waals surface area contributed by atoms with E-state index in [0.717, 1.165) is 42.0 Å². The first kappa shape index (κ1) is 33.0. The Kier molecular flexibility index (Phi) is 14.1. The summed E-state index contributed by atoms with van der Waals surface area (Å²) in [5.74, 6) is 1.64. The number of hydrogen-bond donors (Lipinski definition) is 2. The maximum absolute atomic E-state index is 4.30. The monoisotopic (exact) mass is 560 g/mol. The van der Waals surface area contributed by atoms with Crippen LogP contribution < -0.4 is 19.8 Å². The first-order valence-electron chi connectivity index (χ1n) is 13.8. The van der Waals surface area contributed by atoms with E-state index < -0.39 is 0 Å². The van der Waals surface area contributed by atoms with Crippen molar-refractivity contribution in [3.8, 4) is 0 Å². The normalized spacial score (nSPS) is 11.0. The Bertz CT molecular complexity index is 1310. The molecule has 0 unspecified atom stereocenters. The molecule has 4 aromatic rings. The molecule has 10 heteroatoms. The molecule has 41 heavy (non-hydrogen) atoms. The lowest BCUT2D eigenvalue weighted by atomic mass is 10.2. The maximum atomic E-state index is 4.30. The van der Waals surface area contributed by atoms with Gasteiger partial charge in [-0.25, -0.2) is 18.3 Å². The lowest BCUT2D eigenvalue weighted by Crippen LogP contribution is -2.25. The largest absolute Gasteiger partial charge is 0.421 e. The third kappa shape index (κ3) is 11.1. The van der Waals surface area contributed by atoms with Crippen molar-refractivity contribution >= 4 is 29.0 Å². The molecule has 0 aliphatic rings. The standard InChI is InChI=1S/C18H28N6.C12H15N4.CH4/c1-19-12-6-4-5-7-13-20-16-8-10-17(11-9-16)21-22-18-23(2)14-15-24(18)3;1-10-4-6-11(7-5-10)13-14-12-15(2)8-9-16(12)3;/h8-11,14-15,19H,4-7,12-13H2,1-3H3;4-9H,1-3H3;1H4/q;+1;/p+1. The number of azo groups is 2. The van der Waals surface area contributed by atoms with E-state index in [1.807, 2.05) is 115 Å². The number of nitrogens with zero attached hydrogens (tertiary/aromatic N) is 8. The van der Waals surface area contributed by atoms with E-state index in [0.29, 0.717) is 0 Å². The number of anilines is 1. The van der Waals surface area contributed by atoms with E-state index in [4.69, 9.17) is 0 Å². The van der Waals surface area contributed by atoms with E-state index in [1.165, 1.54) is 31.2 Å². The zero-order valence-electron chi connectivity index (χ0n) is 24.7. The van der Waals surface area contributed by atoms with Gasteiger partial charge < -0.3 is 10.6 Å². The fourth-order valence-electron chi connectivity index (χ4n) is 3.92. The zero-order chi connectivity index (χ0) is 28.7. The number of benzene rings is 2. The molecule has 2 aromatic heterocycles. The van der Waals surface area contributed by atoms with Gasteiger partial charge in [0.2, 0.25) is 0 Å². The van der Waals surface area contributed by atoms with Crippen molar-refractivity contribution in [3.63, 3.8) is 0 Å². The van der Waals surface area contributed by atoms with Gasteiger partial charge in [-0.2, -0.15) is 0 Å². The summed E-state index contributed by atoms with van der Waals surface area (Å²) in [6.45, 7) is 4.18. The van der Waals surface area contributed by atoms with Crippen LogP contribution in [0.2, 0.25) is 0 Å². The van der Waals surface area contributed by atoms with Gasteiger partial charge in [-0.15, -0.1) is 0 Å². The fourth-order valence-corrected chi connectivity index (χ4v) is 3.92. The Morgan fingerprint density at radius 1 is 0.659 bits per heavy atom. The molecule has 0 aliphatic heterocycles. The van der Waals surface area contributed by atoms with Gasteiger partial charge in [-0.05, 0) is 69.8 Å². The molecule has 220 valence electrons. The van der Waals surface area contributed by atoms with Crippen LogP contribution in [0, 0.1) is 6.92 Å². The lowest BCUT2D eigenvalue weighted by Gasteiger charge is -2.06. The van der Waals surface area contributed by atoms with Gasteiger partial charge in [0.25, 0.3) is 0 Å². The number of nitrogens with one attached hydrogen (secondary N) is 2. The van der Waals surface area contributed by atoms with Crippen molar-refractivity contribution in [1.29, 1.82) is 0 Å². The highest BCUT2D eigenvalue weighted by molar-refractivity contribution is 5.50. The van der Waals surface area contributed by atoms with Crippen LogP contribution in [-0.4, -0.2) is 29.3 Å². The first-order valence-corrected chi connectivity index (χ1v) is 13.8. The molecule has 0 saturated carbocycles. The van der Waals surface area contributed by atoms with Gasteiger partial charge in [0.1, 0.15) is 11.4 Å². The topological polar surface area (TPSA) is 91.1 Å². The second-order valence-corrected chi connectivity index (χ2v) is 9.87. The molecular formula is C31H48N10+2. The summed E-state index contributed by atoms with van der Waals surface area (Å²) in [5, 5.41) is 23.6. The third-order valence-corrected chi connectivity index (χ3v) is 6.38. The fraction of sp³-hybridized carbons (Fsp3) is 0.419. The van der Waals surface area contributed by atoms with E-state index in [2.05, 4.69) is 50.1 Å². The van der Waals surface area contributed by atoms with Crippen molar-refractivity contribution in [3.05, 3.63) is 78.9 Å². The molecule has 4 rings (SSSR count). The van der Waals surface area contributed by atoms with Crippen molar-refractivity contribution in [2.45, 2.75) is 40.0 Å². The molecule has 0 amide bonds. The predicted molar refractivity (Wildman–Crippen MR) is 167 cm³/mol. The molecule has 0 spiro atoms. The molecule has 0 radical (unpaired) electrons. The second-order valence-electron chi connectivity index (χ2n) is 9.87. The zero-order valence-corrected chi connectivity index (χ0v) is 24.7. The van der Waals surface area contributed by atoms with Crippen molar-refractivity contribution in [2.75, 3.05) is 25.5 Å². The van der Waals surface area contributed by atoms with Crippen molar-refractivity contribution < 1.29 is 9.13 Å². The van der Waals surface area contributed by atoms with Gasteiger partial charge in [0.15, 0.2) is 0 Å². The third-order valence-electron chi connectivity index (χ3n) is 6.38. The van der Waals surface area contributed by atoms with Crippen LogP contribution in [0.15, 0.2) is 93.8 Å². The first-order chi connectivity index (χ1) is 19.4. The summed E-state index contributed by atoms with van der Waals surface area (Å²) in [6, 6.07) is 16.1. The number of unbranched alkanes of at least 4 members (excludes halogenated alkanes) is 3. The van der Waals surface area contributed by atoms with Gasteiger partial charge in [0, 0.05) is 22.5 Å². The van der Waals surface area contributed by atoms with Gasteiger partial charge in [0.05, 0.1) is 53.0 Å². The summed E-state index contributed by atoms with van der Waals surface area (Å²) in [5.41, 5.74) is 4.08. The summed E-state index contributed by atoms with van der Waals surface area (Å²) in [7, 11) is 9.82. The Hall–Kier alpha value is -4.18. The average molecular weight is 561 g/mol. The Balaban J connectivity index is 0.000000301. The molecule has 0 bridgehead atoms. The summed E-state index contributed by atoms with van der Waals surface area (Å²) < 4.78 is 7.74. The predicted octanol–water partition coefficient (Wildman–Crippen LogP) is 6.67. The van der Waals surface area contributed by atoms with Crippen LogP contribution in [-0.2, 0) is 28.2 Å². The number of aryl methyl sites for hydroxylation is 5. The highest BCUT2D eigenvalue weighted by Crippen LogP contribution is 2.19. The van der Waals surface area contributed by atoms with Crippen LogP contribution >= 0.6 is 0 Å². The summed E-state index contributed by atoms with van der Waals surface area (Å²) in [4.78, 5) is 0. The van der Waals surface area contributed by atoms with Crippen LogP contribution in [0.3, 0.4) is 0 Å². The molecule has 10 nitrogen and oxygen atoms in total. The van der Waals surface area contributed by atoms with Gasteiger partial charge in [-0.1, -0.05) is 48.2 Å². The lowest BCUT2D eigenvalue weighted by molar-refractivity contribution is -0.657. The summed E-state index contributed by atoms with van der Waals surface area (Å²) >= 11 is 0. The summed E-state index contributed by atoms with van der Waals surface area (Å²) in [6.07, 6.45) is 12.8. The average Bonchev–Trinajstić information content (AvgIpc) is 3.46. The van der Waals surface area contributed by atoms with Crippen LogP contribution in [0.25, 0.3) is 0 Å². The number of rotatable bonds is 12. The number of aromatic nitrogens is 4. The van der Waals surface area contributed by atoms with Crippen molar-refractivity contribution in [2.24, 2.45) is 48.6 Å². The Morgan fingerprint density at radius 2 is 1.12 bits per heavy atom. The van der Waals surface area contributed by atoms with E-state index >= 15 is 0 Å². The molecular weight excluding hydrogens is 512 g/mol. The molecule has 2 N–H and O–H groups in total. The molecule has 0 saturated heterocycles. The van der Waals surface area contributed by atoms with E-state index in [-0.39, 0.29) is 7.43 Å². The van der Waals surface area contributed by atoms with E-state index in [1.54, 1.807) is 0 Å². The van der Waals surface area contributed by atoms with Crippen LogP contribution in [0.1, 0.15) is 38.7 Å². The minimum Gasteiger partial charge on any atom is -0.385 e. The highest BCUT2D eigenvalue weighted by atomic mass is 15.3. The van der Waals surface area contributed by atoms with E-state index in [9.17, 15) is 0 Å². The Morgan fingerprint density at radius 3 is 1.56 bits per heavy atom. The minimum atomic E-state index is 0. The van der Waals surface area contributed by atoms with Crippen molar-refractivity contribution in [1.82, 2.24) is 14.5 Å². The van der Waals surface area contributed by atoms with Crippen LogP contribution in [0.4, 0.5) is 29.0 Å². The quantitative estimate of drug-likeness (QED) is 0.115. The van der Waals surface area contributed by atoms with Crippen LogP contribution in [0.5, 0.6) is 0 Å². The Labute approximate surface area is 245 Å². The highest BCUT2D eigenvalue weighted by Gasteiger charge is 2.11. The molecule has 0 atom stereocenters. The molecule has 0 aliphatic carbocycles. The number of hydrogen-bond acceptors (Lipinski definition) is 6. The molecule has 2 heterocycles. The number of imidazole rings is 2. The van der Waals surface area contributed by atoms with Gasteiger partial charge in [-0.3, -0.25) is 0 Å². The smallest absolute Gasteiger partial charge is 0.385 e. The van der Waals surface area contributed by atoms with Gasteiger partial charge >= 0.3 is 11.9 Å². The maximum Gasteiger partial charge on any atom is 0.421 e. The SMILES string of the molecule is C.CNCCCCCCNc1ccc(N=Nc2n(C)cc[n+]2C)cc1.Cc1ccc(N=Nc2n(C)cc[n+]2C)cc1. The second kappa shape index (κ2) is 17.5. The molecule has 2 aromatic carbocycles. The molecule has 0 fully saturated rings. The minimum absolute atomic E-state index is 0.